The smallest absolute Gasteiger partial charge is 0.243 e. The first-order chi connectivity index (χ1) is 7.60. The SMILES string of the molecule is C[C@@H]1CCC[C@H](C)N1C(=O)C1(C#N)CCC1. The lowest BCUT2D eigenvalue weighted by Gasteiger charge is -2.45. The van der Waals surface area contributed by atoms with E-state index in [0.717, 1.165) is 32.1 Å². The van der Waals surface area contributed by atoms with E-state index in [4.69, 9.17) is 0 Å². The Kier molecular flexibility index (Phi) is 2.92. The fourth-order valence-corrected chi connectivity index (χ4v) is 2.97. The van der Waals surface area contributed by atoms with Crippen LogP contribution in [0.25, 0.3) is 0 Å². The molecule has 3 heteroatoms. The molecular weight excluding hydrogens is 200 g/mol. The zero-order valence-electron chi connectivity index (χ0n) is 10.2. The Morgan fingerprint density at radius 3 is 2.19 bits per heavy atom. The minimum Gasteiger partial charge on any atom is -0.336 e. The van der Waals surface area contributed by atoms with E-state index in [9.17, 15) is 10.1 Å². The lowest BCUT2D eigenvalue weighted by Crippen LogP contribution is -2.55. The van der Waals surface area contributed by atoms with Gasteiger partial charge in [-0.05, 0) is 52.4 Å². The van der Waals surface area contributed by atoms with E-state index < -0.39 is 5.41 Å². The van der Waals surface area contributed by atoms with Crippen LogP contribution in [0.15, 0.2) is 0 Å². The van der Waals surface area contributed by atoms with Crippen molar-refractivity contribution < 1.29 is 4.79 Å². The van der Waals surface area contributed by atoms with Crippen LogP contribution in [0, 0.1) is 16.7 Å². The van der Waals surface area contributed by atoms with Gasteiger partial charge in [-0.2, -0.15) is 5.26 Å². The number of hydrogen-bond donors (Lipinski definition) is 0. The first-order valence-electron chi connectivity index (χ1n) is 6.35. The van der Waals surface area contributed by atoms with Gasteiger partial charge in [0.15, 0.2) is 0 Å². The van der Waals surface area contributed by atoms with Crippen LogP contribution < -0.4 is 0 Å². The zero-order valence-corrected chi connectivity index (χ0v) is 10.2. The molecule has 0 aromatic rings. The fourth-order valence-electron chi connectivity index (χ4n) is 2.97. The maximum Gasteiger partial charge on any atom is 0.243 e. The molecule has 2 rings (SSSR count). The van der Waals surface area contributed by atoms with E-state index in [-0.39, 0.29) is 5.91 Å². The summed E-state index contributed by atoms with van der Waals surface area (Å²) in [4.78, 5) is 14.4. The molecular formula is C13H20N2O. The molecule has 0 radical (unpaired) electrons. The third kappa shape index (κ3) is 1.61. The van der Waals surface area contributed by atoms with Crippen molar-refractivity contribution in [1.29, 1.82) is 5.26 Å². The number of rotatable bonds is 1. The molecule has 0 aromatic heterocycles. The Morgan fingerprint density at radius 2 is 1.81 bits per heavy atom. The van der Waals surface area contributed by atoms with Gasteiger partial charge in [0.1, 0.15) is 5.41 Å². The summed E-state index contributed by atoms with van der Waals surface area (Å²) in [5.74, 6) is 0.0981. The molecule has 0 spiro atoms. The minimum atomic E-state index is -0.667. The van der Waals surface area contributed by atoms with E-state index in [2.05, 4.69) is 19.9 Å². The van der Waals surface area contributed by atoms with Gasteiger partial charge in [-0.25, -0.2) is 0 Å². The van der Waals surface area contributed by atoms with Crippen molar-refractivity contribution in [2.24, 2.45) is 5.41 Å². The highest BCUT2D eigenvalue weighted by Gasteiger charge is 2.49. The average molecular weight is 220 g/mol. The van der Waals surface area contributed by atoms with Crippen LogP contribution in [0.3, 0.4) is 0 Å². The third-order valence-corrected chi connectivity index (χ3v) is 4.26. The average Bonchev–Trinajstić information content (AvgIpc) is 2.16. The Bertz CT molecular complexity index is 317. The Morgan fingerprint density at radius 1 is 1.25 bits per heavy atom. The van der Waals surface area contributed by atoms with Gasteiger partial charge < -0.3 is 4.90 Å². The van der Waals surface area contributed by atoms with Crippen LogP contribution in [0.1, 0.15) is 52.4 Å². The molecule has 1 heterocycles. The predicted molar refractivity (Wildman–Crippen MR) is 61.5 cm³/mol. The van der Waals surface area contributed by atoms with Gasteiger partial charge in [0, 0.05) is 12.1 Å². The van der Waals surface area contributed by atoms with E-state index in [0.29, 0.717) is 12.1 Å². The second kappa shape index (κ2) is 4.08. The number of nitrogens with zero attached hydrogens (tertiary/aromatic N) is 2. The van der Waals surface area contributed by atoms with Crippen LogP contribution in [0.4, 0.5) is 0 Å². The second-order valence-corrected chi connectivity index (χ2v) is 5.39. The summed E-state index contributed by atoms with van der Waals surface area (Å²) in [6, 6.07) is 2.88. The lowest BCUT2D eigenvalue weighted by molar-refractivity contribution is -0.149. The highest BCUT2D eigenvalue weighted by atomic mass is 16.2. The molecule has 3 nitrogen and oxygen atoms in total. The van der Waals surface area contributed by atoms with Crippen molar-refractivity contribution in [3.8, 4) is 6.07 Å². The summed E-state index contributed by atoms with van der Waals surface area (Å²) in [6.45, 7) is 4.22. The fraction of sp³-hybridized carbons (Fsp3) is 0.846. The largest absolute Gasteiger partial charge is 0.336 e. The normalized spacial score (nSPS) is 32.7. The van der Waals surface area contributed by atoms with Crippen molar-refractivity contribution in [1.82, 2.24) is 4.90 Å². The molecule has 0 unspecified atom stereocenters. The molecule has 16 heavy (non-hydrogen) atoms. The highest BCUT2D eigenvalue weighted by Crippen LogP contribution is 2.43. The molecule has 88 valence electrons. The molecule has 0 bridgehead atoms. The topological polar surface area (TPSA) is 44.1 Å². The summed E-state index contributed by atoms with van der Waals surface area (Å²) in [5.41, 5.74) is -0.667. The Labute approximate surface area is 97.4 Å². The summed E-state index contributed by atoms with van der Waals surface area (Å²) < 4.78 is 0. The number of likely N-dealkylation sites (tertiary alicyclic amines) is 1. The number of piperidine rings is 1. The van der Waals surface area contributed by atoms with Gasteiger partial charge in [-0.1, -0.05) is 0 Å². The molecule has 0 N–H and O–H groups in total. The second-order valence-electron chi connectivity index (χ2n) is 5.39. The van der Waals surface area contributed by atoms with Gasteiger partial charge >= 0.3 is 0 Å². The molecule has 1 amide bonds. The van der Waals surface area contributed by atoms with Gasteiger partial charge in [0.05, 0.1) is 6.07 Å². The summed E-state index contributed by atoms with van der Waals surface area (Å²) in [6.07, 6.45) is 5.91. The molecule has 1 saturated carbocycles. The van der Waals surface area contributed by atoms with Crippen molar-refractivity contribution in [3.63, 3.8) is 0 Å². The summed E-state index contributed by atoms with van der Waals surface area (Å²) in [7, 11) is 0. The van der Waals surface area contributed by atoms with Crippen LogP contribution in [0.2, 0.25) is 0 Å². The zero-order chi connectivity index (χ0) is 11.8. The molecule has 2 aliphatic rings. The van der Waals surface area contributed by atoms with E-state index in [1.807, 2.05) is 4.90 Å². The van der Waals surface area contributed by atoms with E-state index >= 15 is 0 Å². The summed E-state index contributed by atoms with van der Waals surface area (Å²) >= 11 is 0. The van der Waals surface area contributed by atoms with Gasteiger partial charge in [0.25, 0.3) is 0 Å². The Balaban J connectivity index is 2.17. The Hall–Kier alpha value is -1.04. The molecule has 1 aliphatic heterocycles. The van der Waals surface area contributed by atoms with Crippen molar-refractivity contribution in [2.45, 2.75) is 64.5 Å². The molecule has 2 fully saturated rings. The van der Waals surface area contributed by atoms with Gasteiger partial charge in [-0.3, -0.25) is 4.79 Å². The van der Waals surface area contributed by atoms with Crippen LogP contribution >= 0.6 is 0 Å². The molecule has 2 atom stereocenters. The minimum absolute atomic E-state index is 0.0981. The first kappa shape index (κ1) is 11.4. The third-order valence-electron chi connectivity index (χ3n) is 4.26. The monoisotopic (exact) mass is 220 g/mol. The molecule has 0 aromatic carbocycles. The number of carbonyl (C=O) groups is 1. The van der Waals surface area contributed by atoms with Gasteiger partial charge in [-0.15, -0.1) is 0 Å². The van der Waals surface area contributed by atoms with Crippen LogP contribution in [-0.4, -0.2) is 22.9 Å². The number of amides is 1. The number of hydrogen-bond acceptors (Lipinski definition) is 2. The predicted octanol–water partition coefficient (Wildman–Crippen LogP) is 2.47. The van der Waals surface area contributed by atoms with Crippen LogP contribution in [0.5, 0.6) is 0 Å². The van der Waals surface area contributed by atoms with E-state index in [1.54, 1.807) is 0 Å². The number of nitriles is 1. The lowest BCUT2D eigenvalue weighted by atomic mass is 9.68. The standard InChI is InChI=1S/C13H20N2O/c1-10-5-3-6-11(2)15(10)12(16)13(9-14)7-4-8-13/h10-11H,3-8H2,1-2H3/t10-,11+. The molecule has 1 aliphatic carbocycles. The van der Waals surface area contributed by atoms with Crippen molar-refractivity contribution in [2.75, 3.05) is 0 Å². The quantitative estimate of drug-likeness (QED) is 0.681. The summed E-state index contributed by atoms with van der Waals surface area (Å²) in [5, 5.41) is 9.21. The van der Waals surface area contributed by atoms with Crippen LogP contribution in [-0.2, 0) is 4.79 Å². The molecule has 1 saturated heterocycles. The first-order valence-corrected chi connectivity index (χ1v) is 6.35. The van der Waals surface area contributed by atoms with Gasteiger partial charge in [0.2, 0.25) is 5.91 Å². The highest BCUT2D eigenvalue weighted by molar-refractivity contribution is 5.87. The van der Waals surface area contributed by atoms with E-state index in [1.165, 1.54) is 6.42 Å². The van der Waals surface area contributed by atoms with Crippen molar-refractivity contribution in [3.05, 3.63) is 0 Å². The number of carbonyl (C=O) groups excluding carboxylic acids is 1. The maximum atomic E-state index is 12.5. The maximum absolute atomic E-state index is 12.5. The van der Waals surface area contributed by atoms with Crippen molar-refractivity contribution >= 4 is 5.91 Å².